The van der Waals surface area contributed by atoms with Gasteiger partial charge in [0.2, 0.25) is 5.88 Å². The van der Waals surface area contributed by atoms with Gasteiger partial charge in [-0.15, -0.1) is 0 Å². The fraction of sp³-hybridized carbons (Fsp3) is 0.500. The van der Waals surface area contributed by atoms with E-state index < -0.39 is 12.0 Å². The molecule has 142 valence electrons. The number of rotatable bonds is 7. The maximum Gasteiger partial charge on any atom is 0.269 e. The topological polar surface area (TPSA) is 61.0 Å². The Morgan fingerprint density at radius 1 is 1.23 bits per heavy atom. The molecule has 4 nitrogen and oxygen atoms in total. The van der Waals surface area contributed by atoms with Crippen LogP contribution in [-0.2, 0) is 0 Å². The summed E-state index contributed by atoms with van der Waals surface area (Å²) in [7, 11) is 0. The number of alkyl halides is 2. The third-order valence-electron chi connectivity index (χ3n) is 4.29. The highest BCUT2D eigenvalue weighted by Crippen LogP contribution is 2.33. The van der Waals surface area contributed by atoms with Gasteiger partial charge in [0.15, 0.2) is 0 Å². The second-order valence-corrected chi connectivity index (χ2v) is 7.53. The molecular weight excluding hydrogens is 336 g/mol. The zero-order valence-corrected chi connectivity index (χ0v) is 16.0. The predicted molar refractivity (Wildman–Crippen MR) is 99.4 cm³/mol. The average molecular weight is 363 g/mol. The van der Waals surface area contributed by atoms with Crippen LogP contribution in [0.3, 0.4) is 0 Å². The van der Waals surface area contributed by atoms with Gasteiger partial charge in [0.05, 0.1) is 5.56 Å². The van der Waals surface area contributed by atoms with E-state index in [0.717, 1.165) is 23.2 Å². The highest BCUT2D eigenvalue weighted by molar-refractivity contribution is 5.68. The van der Waals surface area contributed by atoms with Crippen LogP contribution in [0.15, 0.2) is 24.5 Å². The van der Waals surface area contributed by atoms with Crippen LogP contribution in [0.1, 0.15) is 50.4 Å². The number of ether oxygens (including phenoxy) is 1. The summed E-state index contributed by atoms with van der Waals surface area (Å²) >= 11 is 0. The van der Waals surface area contributed by atoms with Crippen molar-refractivity contribution in [2.24, 2.45) is 11.7 Å². The van der Waals surface area contributed by atoms with E-state index in [1.807, 2.05) is 20.8 Å². The summed E-state index contributed by atoms with van der Waals surface area (Å²) < 4.78 is 32.7. The van der Waals surface area contributed by atoms with E-state index >= 15 is 0 Å². The van der Waals surface area contributed by atoms with Crippen molar-refractivity contribution in [1.29, 1.82) is 0 Å². The first-order valence-corrected chi connectivity index (χ1v) is 8.73. The zero-order chi connectivity index (χ0) is 19.5. The molecule has 0 bridgehead atoms. The molecule has 0 amide bonds. The summed E-state index contributed by atoms with van der Waals surface area (Å²) in [5.74, 6) is 0.323. The van der Waals surface area contributed by atoms with Crippen LogP contribution in [0, 0.1) is 19.8 Å². The minimum Gasteiger partial charge on any atom is -0.475 e. The van der Waals surface area contributed by atoms with Crippen molar-refractivity contribution in [3.05, 3.63) is 41.3 Å². The van der Waals surface area contributed by atoms with E-state index in [1.165, 1.54) is 6.07 Å². The molecule has 0 aliphatic heterocycles. The Bertz CT molecular complexity index is 761. The van der Waals surface area contributed by atoms with Crippen molar-refractivity contribution in [3.8, 4) is 17.0 Å². The van der Waals surface area contributed by atoms with Crippen molar-refractivity contribution in [1.82, 2.24) is 9.97 Å². The molecule has 2 aromatic rings. The van der Waals surface area contributed by atoms with Crippen LogP contribution >= 0.6 is 0 Å². The molecular formula is C20H27F2N3O. The van der Waals surface area contributed by atoms with E-state index in [1.54, 1.807) is 18.5 Å². The van der Waals surface area contributed by atoms with Crippen molar-refractivity contribution in [3.63, 3.8) is 0 Å². The number of nitrogens with two attached hydrogens (primary N) is 1. The number of hydrogen-bond donors (Lipinski definition) is 1. The fourth-order valence-electron chi connectivity index (χ4n) is 3.07. The van der Waals surface area contributed by atoms with E-state index in [4.69, 9.17) is 10.5 Å². The second kappa shape index (κ2) is 8.08. The summed E-state index contributed by atoms with van der Waals surface area (Å²) in [5.41, 5.74) is 8.62. The molecule has 0 aromatic carbocycles. The Morgan fingerprint density at radius 3 is 2.54 bits per heavy atom. The van der Waals surface area contributed by atoms with Crippen LogP contribution in [0.4, 0.5) is 8.78 Å². The molecule has 0 aliphatic carbocycles. The molecule has 0 radical (unpaired) electrons. The molecule has 2 aromatic heterocycles. The van der Waals surface area contributed by atoms with Gasteiger partial charge in [-0.05, 0) is 56.4 Å². The van der Waals surface area contributed by atoms with Crippen molar-refractivity contribution < 1.29 is 13.5 Å². The molecule has 0 fully saturated rings. The first-order valence-electron chi connectivity index (χ1n) is 8.73. The maximum atomic E-state index is 13.6. The van der Waals surface area contributed by atoms with Crippen LogP contribution in [0.5, 0.6) is 5.88 Å². The summed E-state index contributed by atoms with van der Waals surface area (Å²) in [5, 5.41) is 0. The van der Waals surface area contributed by atoms with Gasteiger partial charge in [-0.3, -0.25) is 4.98 Å². The Balaban J connectivity index is 2.31. The minimum atomic E-state index is -2.69. The summed E-state index contributed by atoms with van der Waals surface area (Å²) in [4.78, 5) is 8.36. The monoisotopic (exact) mass is 363 g/mol. The third kappa shape index (κ3) is 4.97. The predicted octanol–water partition coefficient (Wildman–Crippen LogP) is 4.84. The van der Waals surface area contributed by atoms with E-state index in [0.29, 0.717) is 11.5 Å². The summed E-state index contributed by atoms with van der Waals surface area (Å²) in [6.45, 7) is 9.89. The summed E-state index contributed by atoms with van der Waals surface area (Å²) in [6, 6.07) is 3.24. The van der Waals surface area contributed by atoms with Crippen LogP contribution in [0.2, 0.25) is 0 Å². The van der Waals surface area contributed by atoms with Crippen LogP contribution in [-0.4, -0.2) is 22.1 Å². The van der Waals surface area contributed by atoms with Crippen molar-refractivity contribution in [2.75, 3.05) is 6.61 Å². The molecule has 0 spiro atoms. The molecule has 0 aliphatic rings. The van der Waals surface area contributed by atoms with E-state index in [-0.39, 0.29) is 18.1 Å². The number of nitrogens with zero attached hydrogens (tertiary/aromatic N) is 2. The lowest BCUT2D eigenvalue weighted by molar-refractivity contribution is 0.137. The van der Waals surface area contributed by atoms with E-state index in [9.17, 15) is 8.78 Å². The van der Waals surface area contributed by atoms with Crippen molar-refractivity contribution >= 4 is 0 Å². The molecule has 6 heteroatoms. The van der Waals surface area contributed by atoms with Gasteiger partial charge in [0, 0.05) is 29.2 Å². The number of hydrogen-bond acceptors (Lipinski definition) is 4. The number of pyridine rings is 2. The summed E-state index contributed by atoms with van der Waals surface area (Å²) in [6.07, 6.45) is 1.26. The van der Waals surface area contributed by atoms with Gasteiger partial charge in [-0.1, -0.05) is 13.8 Å². The SMILES string of the molecule is Cc1nccc(-c2cnc(OCC(C)(N)CC(C)C)c(C(F)F)c2)c1C. The van der Waals surface area contributed by atoms with Gasteiger partial charge in [-0.2, -0.15) is 0 Å². The maximum absolute atomic E-state index is 13.6. The van der Waals surface area contributed by atoms with Gasteiger partial charge in [0.1, 0.15) is 6.61 Å². The Labute approximate surface area is 153 Å². The first kappa shape index (κ1) is 20.2. The zero-order valence-electron chi connectivity index (χ0n) is 16.0. The van der Waals surface area contributed by atoms with Crippen LogP contribution in [0.25, 0.3) is 11.1 Å². The lowest BCUT2D eigenvalue weighted by Crippen LogP contribution is -2.43. The lowest BCUT2D eigenvalue weighted by Gasteiger charge is -2.26. The first-order chi connectivity index (χ1) is 12.1. The quantitative estimate of drug-likeness (QED) is 0.764. The molecule has 2 N–H and O–H groups in total. The highest BCUT2D eigenvalue weighted by Gasteiger charge is 2.24. The molecule has 0 saturated heterocycles. The highest BCUT2D eigenvalue weighted by atomic mass is 19.3. The van der Waals surface area contributed by atoms with Gasteiger partial charge < -0.3 is 10.5 Å². The number of halogens is 2. The lowest BCUT2D eigenvalue weighted by atomic mass is 9.93. The molecule has 2 rings (SSSR count). The second-order valence-electron chi connectivity index (χ2n) is 7.53. The molecule has 1 atom stereocenters. The molecule has 26 heavy (non-hydrogen) atoms. The smallest absolute Gasteiger partial charge is 0.269 e. The molecule has 0 saturated carbocycles. The standard InChI is InChI=1S/C20H27F2N3O/c1-12(2)9-20(5,23)11-26-19-17(18(21)22)8-15(10-25-19)16-6-7-24-14(4)13(16)3/h6-8,10,12,18H,9,11,23H2,1-5H3. The van der Waals surface area contributed by atoms with Crippen molar-refractivity contribution in [2.45, 2.75) is 53.0 Å². The number of aryl methyl sites for hydroxylation is 1. The van der Waals surface area contributed by atoms with Crippen LogP contribution < -0.4 is 10.5 Å². The fourth-order valence-corrected chi connectivity index (χ4v) is 3.07. The van der Waals surface area contributed by atoms with Gasteiger partial charge >= 0.3 is 0 Å². The normalized spacial score (nSPS) is 13.9. The minimum absolute atomic E-state index is 0.0624. The Morgan fingerprint density at radius 2 is 1.92 bits per heavy atom. The van der Waals surface area contributed by atoms with Gasteiger partial charge in [-0.25, -0.2) is 13.8 Å². The Hall–Kier alpha value is -2.08. The largest absolute Gasteiger partial charge is 0.475 e. The molecule has 2 heterocycles. The van der Waals surface area contributed by atoms with E-state index in [2.05, 4.69) is 23.8 Å². The Kier molecular flexibility index (Phi) is 6.29. The third-order valence-corrected chi connectivity index (χ3v) is 4.29. The van der Waals surface area contributed by atoms with Gasteiger partial charge in [0.25, 0.3) is 6.43 Å². The average Bonchev–Trinajstić information content (AvgIpc) is 2.54. The molecule has 1 unspecified atom stereocenters. The number of aromatic nitrogens is 2.